The molecule has 0 heterocycles. The largest absolute Gasteiger partial charge is 0.491 e. The number of benzene rings is 3. The van der Waals surface area contributed by atoms with E-state index in [9.17, 15) is 17.9 Å². The van der Waals surface area contributed by atoms with Crippen molar-refractivity contribution in [3.05, 3.63) is 89.7 Å². The van der Waals surface area contributed by atoms with Crippen molar-refractivity contribution in [1.82, 2.24) is 0 Å². The number of hydrogen-bond acceptors (Lipinski definition) is 4. The Morgan fingerprint density at radius 1 is 0.900 bits per heavy atom. The molecule has 0 amide bonds. The van der Waals surface area contributed by atoms with Gasteiger partial charge in [0.2, 0.25) is 0 Å². The number of rotatable bonds is 8. The van der Waals surface area contributed by atoms with E-state index in [0.29, 0.717) is 5.75 Å². The monoisotopic (exact) mass is 429 g/mol. The minimum atomic E-state index is -3.97. The van der Waals surface area contributed by atoms with Crippen molar-refractivity contribution in [2.45, 2.75) is 24.8 Å². The number of nitrogens with zero attached hydrogens (tertiary/aromatic N) is 1. The molecule has 0 aliphatic rings. The summed E-state index contributed by atoms with van der Waals surface area (Å²) >= 11 is 0. The van der Waals surface area contributed by atoms with Crippen LogP contribution in [0.5, 0.6) is 5.75 Å². The molecule has 1 atom stereocenters. The lowest BCUT2D eigenvalue weighted by atomic mass is 10.2. The van der Waals surface area contributed by atoms with E-state index in [2.05, 4.69) is 0 Å². The maximum Gasteiger partial charge on any atom is 0.264 e. The lowest BCUT2D eigenvalue weighted by molar-refractivity contribution is 0.115. The minimum absolute atomic E-state index is 0.0871. The molecule has 3 rings (SSSR count). The fourth-order valence-electron chi connectivity index (χ4n) is 2.86. The average Bonchev–Trinajstić information content (AvgIpc) is 2.72. The Labute approximate surface area is 176 Å². The highest BCUT2D eigenvalue weighted by Gasteiger charge is 2.27. The van der Waals surface area contributed by atoms with E-state index in [4.69, 9.17) is 4.74 Å². The Morgan fingerprint density at radius 3 is 2.00 bits per heavy atom. The molecule has 0 saturated heterocycles. The number of aliphatic hydroxyl groups excluding tert-OH is 1. The normalized spacial score (nSPS) is 12.4. The van der Waals surface area contributed by atoms with Crippen molar-refractivity contribution in [1.29, 1.82) is 0 Å². The third-order valence-electron chi connectivity index (χ3n) is 4.56. The summed E-state index contributed by atoms with van der Waals surface area (Å²) in [6, 6.07) is 18.9. The molecule has 30 heavy (non-hydrogen) atoms. The highest BCUT2D eigenvalue weighted by molar-refractivity contribution is 7.92. The molecule has 0 aliphatic carbocycles. The van der Waals surface area contributed by atoms with Gasteiger partial charge >= 0.3 is 0 Å². The topological polar surface area (TPSA) is 66.8 Å². The molecule has 0 spiro atoms. The number of halogens is 1. The first kappa shape index (κ1) is 21.8. The van der Waals surface area contributed by atoms with E-state index in [0.717, 1.165) is 15.4 Å². The zero-order valence-electron chi connectivity index (χ0n) is 16.8. The van der Waals surface area contributed by atoms with Gasteiger partial charge in [0.15, 0.2) is 0 Å². The van der Waals surface area contributed by atoms with Crippen LogP contribution in [0.1, 0.15) is 11.1 Å². The van der Waals surface area contributed by atoms with E-state index in [1.165, 1.54) is 36.4 Å². The first-order chi connectivity index (χ1) is 14.3. The molecule has 0 saturated carbocycles. The number of hydrogen-bond donors (Lipinski definition) is 1. The zero-order chi connectivity index (χ0) is 21.7. The molecular weight excluding hydrogens is 405 g/mol. The van der Waals surface area contributed by atoms with E-state index in [1.807, 2.05) is 26.0 Å². The maximum absolute atomic E-state index is 13.4. The van der Waals surface area contributed by atoms with Crippen molar-refractivity contribution >= 4 is 15.7 Å². The predicted molar refractivity (Wildman–Crippen MR) is 115 cm³/mol. The van der Waals surface area contributed by atoms with Gasteiger partial charge in [0.25, 0.3) is 10.0 Å². The van der Waals surface area contributed by atoms with E-state index in [1.54, 1.807) is 24.3 Å². The third-order valence-corrected chi connectivity index (χ3v) is 6.37. The van der Waals surface area contributed by atoms with Crippen LogP contribution in [0.15, 0.2) is 77.7 Å². The van der Waals surface area contributed by atoms with Crippen molar-refractivity contribution < 1.29 is 22.7 Å². The number of aryl methyl sites for hydroxylation is 2. The van der Waals surface area contributed by atoms with Gasteiger partial charge in [0, 0.05) is 0 Å². The highest BCUT2D eigenvalue weighted by Crippen LogP contribution is 2.25. The molecule has 1 N–H and O–H groups in total. The third kappa shape index (κ3) is 5.37. The van der Waals surface area contributed by atoms with Gasteiger partial charge in [-0.2, -0.15) is 0 Å². The Morgan fingerprint density at radius 2 is 1.43 bits per heavy atom. The number of ether oxygens (including phenoxy) is 1. The second-order valence-electron chi connectivity index (χ2n) is 7.10. The number of sulfonamides is 1. The smallest absolute Gasteiger partial charge is 0.264 e. The van der Waals surface area contributed by atoms with Crippen molar-refractivity contribution in [2.24, 2.45) is 0 Å². The summed E-state index contributed by atoms with van der Waals surface area (Å²) in [7, 11) is -3.97. The van der Waals surface area contributed by atoms with Crippen LogP contribution in [0.25, 0.3) is 0 Å². The molecule has 3 aromatic rings. The van der Waals surface area contributed by atoms with Gasteiger partial charge < -0.3 is 9.84 Å². The van der Waals surface area contributed by atoms with E-state index in [-0.39, 0.29) is 23.7 Å². The fourth-order valence-corrected chi connectivity index (χ4v) is 4.36. The van der Waals surface area contributed by atoms with Gasteiger partial charge in [-0.15, -0.1) is 0 Å². The molecule has 5 nitrogen and oxygen atoms in total. The number of anilines is 1. The number of aliphatic hydroxyl groups is 1. The molecule has 158 valence electrons. The molecule has 0 bridgehead atoms. The van der Waals surface area contributed by atoms with Crippen LogP contribution in [0.2, 0.25) is 0 Å². The van der Waals surface area contributed by atoms with Crippen LogP contribution in [-0.2, 0) is 10.0 Å². The lowest BCUT2D eigenvalue weighted by Crippen LogP contribution is -2.40. The average molecular weight is 430 g/mol. The molecule has 0 fully saturated rings. The van der Waals surface area contributed by atoms with Crippen LogP contribution in [-0.4, -0.2) is 32.8 Å². The van der Waals surface area contributed by atoms with Crippen LogP contribution >= 0.6 is 0 Å². The zero-order valence-corrected chi connectivity index (χ0v) is 17.6. The molecule has 0 radical (unpaired) electrons. The molecular formula is C23H24FNO4S. The second kappa shape index (κ2) is 9.28. The summed E-state index contributed by atoms with van der Waals surface area (Å²) in [5, 5.41) is 10.5. The van der Waals surface area contributed by atoms with Crippen molar-refractivity contribution in [2.75, 3.05) is 17.5 Å². The first-order valence-electron chi connectivity index (χ1n) is 9.48. The van der Waals surface area contributed by atoms with Gasteiger partial charge in [-0.05, 0) is 62.4 Å². The van der Waals surface area contributed by atoms with E-state index >= 15 is 0 Å². The molecule has 7 heteroatoms. The highest BCUT2D eigenvalue weighted by atomic mass is 32.2. The van der Waals surface area contributed by atoms with Crippen molar-refractivity contribution in [3.63, 3.8) is 0 Å². The van der Waals surface area contributed by atoms with Crippen LogP contribution < -0.4 is 9.04 Å². The summed E-state index contributed by atoms with van der Waals surface area (Å²) < 4.78 is 46.5. The summed E-state index contributed by atoms with van der Waals surface area (Å²) in [4.78, 5) is 0.0871. The first-order valence-corrected chi connectivity index (χ1v) is 10.9. The van der Waals surface area contributed by atoms with Crippen LogP contribution in [0.3, 0.4) is 0 Å². The fraction of sp³-hybridized carbons (Fsp3) is 0.217. The Balaban J connectivity index is 1.83. The molecule has 1 unspecified atom stereocenters. The Bertz CT molecular complexity index is 1070. The predicted octanol–water partition coefficient (Wildman–Crippen LogP) is 4.08. The van der Waals surface area contributed by atoms with Gasteiger partial charge in [0.05, 0.1) is 17.1 Å². The molecule has 3 aromatic carbocycles. The van der Waals surface area contributed by atoms with Gasteiger partial charge in [-0.1, -0.05) is 35.4 Å². The van der Waals surface area contributed by atoms with Crippen LogP contribution in [0.4, 0.5) is 10.1 Å². The van der Waals surface area contributed by atoms with Crippen molar-refractivity contribution in [3.8, 4) is 5.75 Å². The van der Waals surface area contributed by atoms with Gasteiger partial charge in [-0.25, -0.2) is 12.8 Å². The molecule has 0 aliphatic heterocycles. The Hall–Kier alpha value is -2.90. The van der Waals surface area contributed by atoms with Gasteiger partial charge in [-0.3, -0.25) is 4.31 Å². The molecule has 0 aromatic heterocycles. The SMILES string of the molecule is Cc1ccc(OCC(O)CN(c2ccc(F)cc2)S(=O)(=O)c2ccc(C)cc2)cc1. The Kier molecular flexibility index (Phi) is 6.74. The van der Waals surface area contributed by atoms with E-state index < -0.39 is 21.9 Å². The minimum Gasteiger partial charge on any atom is -0.491 e. The second-order valence-corrected chi connectivity index (χ2v) is 8.97. The quantitative estimate of drug-likeness (QED) is 0.586. The summed E-state index contributed by atoms with van der Waals surface area (Å²) in [6.45, 7) is 3.48. The summed E-state index contributed by atoms with van der Waals surface area (Å²) in [6.07, 6.45) is -1.10. The summed E-state index contributed by atoms with van der Waals surface area (Å²) in [5.41, 5.74) is 2.26. The lowest BCUT2D eigenvalue weighted by Gasteiger charge is -2.27. The maximum atomic E-state index is 13.4. The standard InChI is InChI=1S/C23H24FNO4S/c1-17-3-11-22(12-4-17)29-16-21(26)15-25(20-9-7-19(24)8-10-20)30(27,28)23-13-5-18(2)6-14-23/h3-14,21,26H,15-16H2,1-2H3. The van der Waals surface area contributed by atoms with Gasteiger partial charge in [0.1, 0.15) is 24.3 Å². The van der Waals surface area contributed by atoms with Crippen LogP contribution in [0, 0.1) is 19.7 Å². The summed E-state index contributed by atoms with van der Waals surface area (Å²) in [5.74, 6) is 0.101.